The molecule has 1 rings (SSSR count). The van der Waals surface area contributed by atoms with E-state index in [9.17, 15) is 14.3 Å². The van der Waals surface area contributed by atoms with Crippen molar-refractivity contribution in [2.45, 2.75) is 12.5 Å². The third-order valence-electron chi connectivity index (χ3n) is 1.82. The Labute approximate surface area is 81.1 Å². The molecule has 1 aromatic rings. The third-order valence-corrected chi connectivity index (χ3v) is 1.82. The summed E-state index contributed by atoms with van der Waals surface area (Å²) in [5.41, 5.74) is 0.371. The molecule has 0 heterocycles. The number of aliphatic hydroxyl groups is 1. The van der Waals surface area contributed by atoms with Gasteiger partial charge >= 0.3 is 5.97 Å². The molecule has 0 aliphatic rings. The average Bonchev–Trinajstić information content (AvgIpc) is 2.17. The standard InChI is InChI=1S/C10H11FO3/c1-14-10(13)6-9(12)7-3-2-4-8(11)5-7/h2-5,9,12H,6H2,1H3. The van der Waals surface area contributed by atoms with Crippen LogP contribution < -0.4 is 0 Å². The van der Waals surface area contributed by atoms with Crippen LogP contribution >= 0.6 is 0 Å². The van der Waals surface area contributed by atoms with Crippen molar-refractivity contribution in [2.75, 3.05) is 7.11 Å². The minimum Gasteiger partial charge on any atom is -0.469 e. The number of ether oxygens (including phenoxy) is 1. The lowest BCUT2D eigenvalue weighted by molar-refractivity contribution is -0.142. The molecule has 0 spiro atoms. The molecule has 0 bridgehead atoms. The van der Waals surface area contributed by atoms with Crippen LogP contribution in [0.3, 0.4) is 0 Å². The van der Waals surface area contributed by atoms with E-state index in [1.807, 2.05) is 0 Å². The zero-order valence-electron chi connectivity index (χ0n) is 7.74. The van der Waals surface area contributed by atoms with E-state index in [2.05, 4.69) is 4.74 Å². The van der Waals surface area contributed by atoms with Gasteiger partial charge in [0.05, 0.1) is 19.6 Å². The second kappa shape index (κ2) is 4.72. The lowest BCUT2D eigenvalue weighted by Gasteiger charge is -2.08. The van der Waals surface area contributed by atoms with Gasteiger partial charge in [0.2, 0.25) is 0 Å². The summed E-state index contributed by atoms with van der Waals surface area (Å²) in [6, 6.07) is 5.49. The lowest BCUT2D eigenvalue weighted by Crippen LogP contribution is -2.08. The van der Waals surface area contributed by atoms with Crippen LogP contribution in [0.5, 0.6) is 0 Å². The zero-order valence-corrected chi connectivity index (χ0v) is 7.74. The number of rotatable bonds is 3. The van der Waals surface area contributed by atoms with Gasteiger partial charge in [0.15, 0.2) is 0 Å². The highest BCUT2D eigenvalue weighted by molar-refractivity contribution is 5.70. The second-order valence-corrected chi connectivity index (χ2v) is 2.85. The van der Waals surface area contributed by atoms with Gasteiger partial charge in [-0.15, -0.1) is 0 Å². The van der Waals surface area contributed by atoms with Crippen LogP contribution in [-0.4, -0.2) is 18.2 Å². The van der Waals surface area contributed by atoms with Gasteiger partial charge in [-0.05, 0) is 17.7 Å². The number of benzene rings is 1. The van der Waals surface area contributed by atoms with Crippen LogP contribution in [0.25, 0.3) is 0 Å². The molecule has 0 amide bonds. The fourth-order valence-corrected chi connectivity index (χ4v) is 1.07. The molecule has 0 saturated carbocycles. The smallest absolute Gasteiger partial charge is 0.308 e. The molecule has 0 radical (unpaired) electrons. The summed E-state index contributed by atoms with van der Waals surface area (Å²) in [6.45, 7) is 0. The van der Waals surface area contributed by atoms with Crippen molar-refractivity contribution in [3.05, 3.63) is 35.6 Å². The monoisotopic (exact) mass is 198 g/mol. The number of aliphatic hydroxyl groups excluding tert-OH is 1. The molecule has 1 unspecified atom stereocenters. The number of methoxy groups -OCH3 is 1. The first-order valence-electron chi connectivity index (χ1n) is 4.14. The lowest BCUT2D eigenvalue weighted by atomic mass is 10.1. The summed E-state index contributed by atoms with van der Waals surface area (Å²) in [5, 5.41) is 9.48. The minimum absolute atomic E-state index is 0.167. The van der Waals surface area contributed by atoms with E-state index in [-0.39, 0.29) is 6.42 Å². The fourth-order valence-electron chi connectivity index (χ4n) is 1.07. The molecule has 1 N–H and O–H groups in total. The van der Waals surface area contributed by atoms with Crippen molar-refractivity contribution in [1.82, 2.24) is 0 Å². The van der Waals surface area contributed by atoms with E-state index in [1.165, 1.54) is 25.3 Å². The van der Waals surface area contributed by atoms with Crippen molar-refractivity contribution in [2.24, 2.45) is 0 Å². The Balaban J connectivity index is 2.69. The quantitative estimate of drug-likeness (QED) is 0.747. The van der Waals surface area contributed by atoms with Crippen LogP contribution in [0.1, 0.15) is 18.1 Å². The van der Waals surface area contributed by atoms with E-state index in [0.29, 0.717) is 5.56 Å². The normalized spacial score (nSPS) is 12.2. The first-order chi connectivity index (χ1) is 6.63. The summed E-state index contributed by atoms with van der Waals surface area (Å²) < 4.78 is 17.1. The molecule has 0 aromatic heterocycles. The van der Waals surface area contributed by atoms with Crippen LogP contribution in [0.2, 0.25) is 0 Å². The molecular formula is C10H11FO3. The Morgan fingerprint density at radius 3 is 2.93 bits per heavy atom. The number of hydrogen-bond donors (Lipinski definition) is 1. The Morgan fingerprint density at radius 2 is 2.36 bits per heavy atom. The summed E-state index contributed by atoms with van der Waals surface area (Å²) in [7, 11) is 1.24. The van der Waals surface area contributed by atoms with E-state index in [4.69, 9.17) is 0 Å². The van der Waals surface area contributed by atoms with Gasteiger partial charge in [-0.1, -0.05) is 12.1 Å². The molecule has 0 fully saturated rings. The van der Waals surface area contributed by atoms with Crippen molar-refractivity contribution in [3.8, 4) is 0 Å². The van der Waals surface area contributed by atoms with Gasteiger partial charge in [0.25, 0.3) is 0 Å². The van der Waals surface area contributed by atoms with E-state index >= 15 is 0 Å². The zero-order chi connectivity index (χ0) is 10.6. The molecule has 4 heteroatoms. The van der Waals surface area contributed by atoms with E-state index < -0.39 is 17.9 Å². The Hall–Kier alpha value is -1.42. The van der Waals surface area contributed by atoms with E-state index in [1.54, 1.807) is 6.07 Å². The van der Waals surface area contributed by atoms with Gasteiger partial charge < -0.3 is 9.84 Å². The highest BCUT2D eigenvalue weighted by atomic mass is 19.1. The molecule has 1 aromatic carbocycles. The van der Waals surface area contributed by atoms with Crippen molar-refractivity contribution in [1.29, 1.82) is 0 Å². The van der Waals surface area contributed by atoms with Crippen molar-refractivity contribution < 1.29 is 19.0 Å². The predicted molar refractivity (Wildman–Crippen MR) is 48.0 cm³/mol. The predicted octanol–water partition coefficient (Wildman–Crippen LogP) is 1.42. The van der Waals surface area contributed by atoms with Gasteiger partial charge in [-0.3, -0.25) is 4.79 Å². The highest BCUT2D eigenvalue weighted by Gasteiger charge is 2.13. The van der Waals surface area contributed by atoms with Gasteiger partial charge in [0, 0.05) is 0 Å². The fraction of sp³-hybridized carbons (Fsp3) is 0.300. The molecule has 14 heavy (non-hydrogen) atoms. The van der Waals surface area contributed by atoms with Crippen molar-refractivity contribution in [3.63, 3.8) is 0 Å². The number of carbonyl (C=O) groups excluding carboxylic acids is 1. The highest BCUT2D eigenvalue weighted by Crippen LogP contribution is 2.17. The minimum atomic E-state index is -1.02. The van der Waals surface area contributed by atoms with Gasteiger partial charge in [-0.2, -0.15) is 0 Å². The largest absolute Gasteiger partial charge is 0.469 e. The summed E-state index contributed by atoms with van der Waals surface area (Å²) in [5.74, 6) is -0.965. The van der Waals surface area contributed by atoms with Crippen LogP contribution in [-0.2, 0) is 9.53 Å². The molecule has 3 nitrogen and oxygen atoms in total. The molecule has 1 atom stereocenters. The first-order valence-corrected chi connectivity index (χ1v) is 4.14. The van der Waals surface area contributed by atoms with Crippen molar-refractivity contribution >= 4 is 5.97 Å². The summed E-state index contributed by atoms with van der Waals surface area (Å²) >= 11 is 0. The number of esters is 1. The molecule has 0 aliphatic carbocycles. The Bertz CT molecular complexity index is 325. The maximum Gasteiger partial charge on any atom is 0.308 e. The summed E-state index contributed by atoms with van der Waals surface area (Å²) in [6.07, 6.45) is -1.18. The number of hydrogen-bond acceptors (Lipinski definition) is 3. The molecule has 0 aliphatic heterocycles. The molecular weight excluding hydrogens is 187 g/mol. The Kier molecular flexibility index (Phi) is 3.59. The van der Waals surface area contributed by atoms with E-state index in [0.717, 1.165) is 0 Å². The SMILES string of the molecule is COC(=O)CC(O)c1cccc(F)c1. The maximum atomic E-state index is 12.7. The summed E-state index contributed by atoms with van der Waals surface area (Å²) in [4.78, 5) is 10.8. The number of halogens is 1. The van der Waals surface area contributed by atoms with Crippen LogP contribution in [0, 0.1) is 5.82 Å². The Morgan fingerprint density at radius 1 is 1.64 bits per heavy atom. The molecule has 76 valence electrons. The molecule has 0 saturated heterocycles. The van der Waals surface area contributed by atoms with Gasteiger partial charge in [-0.25, -0.2) is 4.39 Å². The third kappa shape index (κ3) is 2.81. The average molecular weight is 198 g/mol. The number of carbonyl (C=O) groups is 1. The second-order valence-electron chi connectivity index (χ2n) is 2.85. The maximum absolute atomic E-state index is 12.7. The van der Waals surface area contributed by atoms with Crippen LogP contribution in [0.4, 0.5) is 4.39 Å². The van der Waals surface area contributed by atoms with Crippen LogP contribution in [0.15, 0.2) is 24.3 Å². The topological polar surface area (TPSA) is 46.5 Å². The first kappa shape index (κ1) is 10.7. The van der Waals surface area contributed by atoms with Gasteiger partial charge in [0.1, 0.15) is 5.82 Å².